The van der Waals surface area contributed by atoms with Crippen LogP contribution in [0.25, 0.3) is 0 Å². The fraction of sp³-hybridized carbons (Fsp3) is 0.200. The molecular formula is C20H20N4O3. The van der Waals surface area contributed by atoms with Crippen LogP contribution in [0.1, 0.15) is 21.7 Å². The number of anilines is 1. The second kappa shape index (κ2) is 7.51. The maximum atomic E-state index is 12.5. The van der Waals surface area contributed by atoms with Gasteiger partial charge in [-0.15, -0.1) is 0 Å². The number of methoxy groups -OCH3 is 1. The van der Waals surface area contributed by atoms with Gasteiger partial charge in [0.15, 0.2) is 17.2 Å². The molecule has 7 nitrogen and oxygen atoms in total. The number of nitrogens with zero attached hydrogens (tertiary/aromatic N) is 1. The number of aromatic amines is 1. The summed E-state index contributed by atoms with van der Waals surface area (Å²) in [5.74, 6) is 1.72. The Hall–Kier alpha value is -3.32. The number of rotatable bonds is 5. The van der Waals surface area contributed by atoms with Gasteiger partial charge in [0.25, 0.3) is 5.91 Å². The van der Waals surface area contributed by atoms with Gasteiger partial charge in [0, 0.05) is 36.5 Å². The summed E-state index contributed by atoms with van der Waals surface area (Å²) in [6, 6.07) is 14.6. The Kier molecular flexibility index (Phi) is 4.76. The Bertz CT molecular complexity index is 950. The molecule has 1 aliphatic heterocycles. The van der Waals surface area contributed by atoms with Crippen LogP contribution >= 0.6 is 0 Å². The number of ether oxygens (including phenoxy) is 2. The first-order chi connectivity index (χ1) is 13.2. The van der Waals surface area contributed by atoms with E-state index in [-0.39, 0.29) is 5.91 Å². The number of fused-ring (bicyclic) bond motifs is 1. The van der Waals surface area contributed by atoms with E-state index in [4.69, 9.17) is 9.47 Å². The molecule has 3 N–H and O–H groups in total. The van der Waals surface area contributed by atoms with Gasteiger partial charge in [-0.05, 0) is 36.4 Å². The van der Waals surface area contributed by atoms with Crippen LogP contribution in [0.3, 0.4) is 0 Å². The molecule has 7 heteroatoms. The van der Waals surface area contributed by atoms with Crippen LogP contribution in [-0.4, -0.2) is 29.8 Å². The van der Waals surface area contributed by atoms with Crippen LogP contribution < -0.4 is 20.1 Å². The van der Waals surface area contributed by atoms with E-state index in [1.54, 1.807) is 31.4 Å². The standard InChI is InChI=1S/C20H20N4O3/c1-26-17-4-2-3-5-18(17)27-14-8-6-13(7-9-14)22-20(25)19-15-12-21-11-10-16(15)23-24-19/h2-9,21H,10-12H2,1H3,(H,22,25)(H,23,24). The van der Waals surface area contributed by atoms with Crippen molar-refractivity contribution < 1.29 is 14.3 Å². The van der Waals surface area contributed by atoms with E-state index < -0.39 is 0 Å². The summed E-state index contributed by atoms with van der Waals surface area (Å²) in [5.41, 5.74) is 3.08. The number of hydrogen-bond acceptors (Lipinski definition) is 5. The molecule has 0 bridgehead atoms. The van der Waals surface area contributed by atoms with Gasteiger partial charge >= 0.3 is 0 Å². The molecule has 0 atom stereocenters. The third-order valence-corrected chi connectivity index (χ3v) is 4.43. The Morgan fingerprint density at radius 3 is 2.67 bits per heavy atom. The zero-order valence-electron chi connectivity index (χ0n) is 14.9. The van der Waals surface area contributed by atoms with E-state index >= 15 is 0 Å². The average molecular weight is 364 g/mol. The molecule has 0 saturated carbocycles. The van der Waals surface area contributed by atoms with Crippen LogP contribution in [-0.2, 0) is 13.0 Å². The lowest BCUT2D eigenvalue weighted by molar-refractivity contribution is 0.102. The Morgan fingerprint density at radius 1 is 1.11 bits per heavy atom. The number of aromatic nitrogens is 2. The maximum absolute atomic E-state index is 12.5. The highest BCUT2D eigenvalue weighted by molar-refractivity contribution is 6.04. The Labute approximate surface area is 156 Å². The highest BCUT2D eigenvalue weighted by atomic mass is 16.5. The van der Waals surface area contributed by atoms with Crippen molar-refractivity contribution >= 4 is 11.6 Å². The van der Waals surface area contributed by atoms with Crippen molar-refractivity contribution in [2.24, 2.45) is 0 Å². The highest BCUT2D eigenvalue weighted by Crippen LogP contribution is 2.31. The average Bonchev–Trinajstić information content (AvgIpc) is 3.14. The van der Waals surface area contributed by atoms with E-state index in [9.17, 15) is 4.79 Å². The van der Waals surface area contributed by atoms with Gasteiger partial charge in [0.2, 0.25) is 0 Å². The van der Waals surface area contributed by atoms with Crippen molar-refractivity contribution in [1.82, 2.24) is 15.5 Å². The van der Waals surface area contributed by atoms with Gasteiger partial charge in [-0.1, -0.05) is 12.1 Å². The number of para-hydroxylation sites is 2. The van der Waals surface area contributed by atoms with Crippen molar-refractivity contribution in [2.45, 2.75) is 13.0 Å². The van der Waals surface area contributed by atoms with Crippen molar-refractivity contribution in [2.75, 3.05) is 19.0 Å². The number of H-pyrrole nitrogens is 1. The molecule has 0 radical (unpaired) electrons. The van der Waals surface area contributed by atoms with Gasteiger partial charge in [-0.3, -0.25) is 9.89 Å². The van der Waals surface area contributed by atoms with Crippen LogP contribution in [0, 0.1) is 0 Å². The fourth-order valence-electron chi connectivity index (χ4n) is 3.04. The first-order valence-corrected chi connectivity index (χ1v) is 8.73. The van der Waals surface area contributed by atoms with Crippen LogP contribution in [0.4, 0.5) is 5.69 Å². The second-order valence-electron chi connectivity index (χ2n) is 6.19. The van der Waals surface area contributed by atoms with Crippen LogP contribution in [0.15, 0.2) is 48.5 Å². The van der Waals surface area contributed by atoms with Gasteiger partial charge in [-0.25, -0.2) is 0 Å². The number of nitrogens with one attached hydrogen (secondary N) is 3. The lowest BCUT2D eigenvalue weighted by Gasteiger charge is -2.13. The molecule has 1 amide bonds. The molecule has 0 aliphatic carbocycles. The predicted octanol–water partition coefficient (Wildman–Crippen LogP) is 3.11. The SMILES string of the molecule is COc1ccccc1Oc1ccc(NC(=O)c2n[nH]c3c2CNCC3)cc1. The maximum Gasteiger partial charge on any atom is 0.276 e. The van der Waals surface area contributed by atoms with Crippen molar-refractivity contribution in [1.29, 1.82) is 0 Å². The van der Waals surface area contributed by atoms with Gasteiger partial charge in [0.05, 0.1) is 7.11 Å². The molecule has 3 aromatic rings. The number of carbonyl (C=O) groups excluding carboxylic acids is 1. The van der Waals surface area contributed by atoms with Gasteiger partial charge in [0.1, 0.15) is 5.75 Å². The first kappa shape index (κ1) is 17.1. The minimum Gasteiger partial charge on any atom is -0.493 e. The molecule has 1 aliphatic rings. The summed E-state index contributed by atoms with van der Waals surface area (Å²) in [6.07, 6.45) is 0.852. The number of carbonyl (C=O) groups is 1. The molecular weight excluding hydrogens is 344 g/mol. The van der Waals surface area contributed by atoms with E-state index in [0.717, 1.165) is 24.2 Å². The van der Waals surface area contributed by atoms with Crippen molar-refractivity contribution in [3.05, 3.63) is 65.5 Å². The Morgan fingerprint density at radius 2 is 1.89 bits per heavy atom. The molecule has 2 heterocycles. The molecule has 2 aromatic carbocycles. The molecule has 138 valence electrons. The molecule has 0 unspecified atom stereocenters. The molecule has 0 saturated heterocycles. The number of hydrogen-bond donors (Lipinski definition) is 3. The van der Waals surface area contributed by atoms with E-state index in [0.29, 0.717) is 35.2 Å². The molecule has 27 heavy (non-hydrogen) atoms. The zero-order valence-corrected chi connectivity index (χ0v) is 14.9. The van der Waals surface area contributed by atoms with E-state index in [2.05, 4.69) is 20.8 Å². The van der Waals surface area contributed by atoms with E-state index in [1.807, 2.05) is 24.3 Å². The topological polar surface area (TPSA) is 88.3 Å². The third kappa shape index (κ3) is 3.63. The minimum atomic E-state index is -0.227. The van der Waals surface area contributed by atoms with Crippen molar-refractivity contribution in [3.63, 3.8) is 0 Å². The fourth-order valence-corrected chi connectivity index (χ4v) is 3.04. The van der Waals surface area contributed by atoms with Gasteiger partial charge in [-0.2, -0.15) is 5.10 Å². The summed E-state index contributed by atoms with van der Waals surface area (Å²) in [4.78, 5) is 12.5. The molecule has 4 rings (SSSR count). The minimum absolute atomic E-state index is 0.227. The third-order valence-electron chi connectivity index (χ3n) is 4.43. The Balaban J connectivity index is 1.45. The lowest BCUT2D eigenvalue weighted by atomic mass is 10.1. The summed E-state index contributed by atoms with van der Waals surface area (Å²) in [7, 11) is 1.60. The zero-order chi connectivity index (χ0) is 18.6. The predicted molar refractivity (Wildman–Crippen MR) is 101 cm³/mol. The normalized spacial score (nSPS) is 12.9. The molecule has 0 fully saturated rings. The van der Waals surface area contributed by atoms with Gasteiger partial charge < -0.3 is 20.1 Å². The summed E-state index contributed by atoms with van der Waals surface area (Å²) < 4.78 is 11.1. The van der Waals surface area contributed by atoms with E-state index in [1.165, 1.54) is 0 Å². The smallest absolute Gasteiger partial charge is 0.276 e. The second-order valence-corrected chi connectivity index (χ2v) is 6.19. The van der Waals surface area contributed by atoms with Crippen LogP contribution in [0.5, 0.6) is 17.2 Å². The largest absolute Gasteiger partial charge is 0.493 e. The molecule has 1 aromatic heterocycles. The number of amides is 1. The highest BCUT2D eigenvalue weighted by Gasteiger charge is 2.21. The summed E-state index contributed by atoms with van der Waals surface area (Å²) >= 11 is 0. The lowest BCUT2D eigenvalue weighted by Crippen LogP contribution is -2.25. The number of benzene rings is 2. The first-order valence-electron chi connectivity index (χ1n) is 8.73. The van der Waals surface area contributed by atoms with Crippen molar-refractivity contribution in [3.8, 4) is 17.2 Å². The summed E-state index contributed by atoms with van der Waals surface area (Å²) in [6.45, 7) is 1.55. The molecule has 0 spiro atoms. The summed E-state index contributed by atoms with van der Waals surface area (Å²) in [5, 5.41) is 13.3. The quantitative estimate of drug-likeness (QED) is 0.647. The monoisotopic (exact) mass is 364 g/mol. The van der Waals surface area contributed by atoms with Crippen LogP contribution in [0.2, 0.25) is 0 Å².